The fraction of sp³-hybridized carbons (Fsp3) is 0.588. The fourth-order valence-corrected chi connectivity index (χ4v) is 2.22. The Bertz CT molecular complexity index is 504. The van der Waals surface area contributed by atoms with Crippen molar-refractivity contribution >= 4 is 5.91 Å². The van der Waals surface area contributed by atoms with E-state index in [-0.39, 0.29) is 30.5 Å². The van der Waals surface area contributed by atoms with Crippen molar-refractivity contribution in [3.8, 4) is 0 Å². The Hall–Kier alpha value is -1.60. The Labute approximate surface area is 140 Å². The van der Waals surface area contributed by atoms with E-state index in [9.17, 15) is 18.0 Å². The lowest BCUT2D eigenvalue weighted by molar-refractivity contribution is -0.174. The lowest BCUT2D eigenvalue weighted by Gasteiger charge is -2.31. The van der Waals surface area contributed by atoms with Crippen LogP contribution in [0, 0.1) is 0 Å². The van der Waals surface area contributed by atoms with Crippen molar-refractivity contribution in [2.24, 2.45) is 0 Å². The molecule has 4 nitrogen and oxygen atoms in total. The highest BCUT2D eigenvalue weighted by Crippen LogP contribution is 2.16. The summed E-state index contributed by atoms with van der Waals surface area (Å²) >= 11 is 0. The van der Waals surface area contributed by atoms with Crippen LogP contribution in [0.25, 0.3) is 0 Å². The molecule has 1 aromatic rings. The van der Waals surface area contributed by atoms with E-state index in [1.165, 1.54) is 0 Å². The molecule has 1 rings (SSSR count). The molecule has 0 aliphatic carbocycles. The highest BCUT2D eigenvalue weighted by atomic mass is 19.4. The second-order valence-electron chi connectivity index (χ2n) is 6.36. The normalized spacial score (nSPS) is 13.6. The molecule has 136 valence electrons. The molecule has 0 fully saturated rings. The summed E-state index contributed by atoms with van der Waals surface area (Å²) in [5, 5.41) is 6.14. The Kier molecular flexibility index (Phi) is 7.69. The maximum Gasteiger partial charge on any atom is 0.411 e. The Balaban J connectivity index is 2.30. The molecule has 0 aromatic heterocycles. The molecule has 7 heteroatoms. The van der Waals surface area contributed by atoms with Crippen molar-refractivity contribution in [1.82, 2.24) is 10.6 Å². The van der Waals surface area contributed by atoms with Gasteiger partial charge < -0.3 is 15.4 Å². The van der Waals surface area contributed by atoms with E-state index in [1.807, 2.05) is 51.1 Å². The first kappa shape index (κ1) is 20.4. The van der Waals surface area contributed by atoms with E-state index in [0.29, 0.717) is 6.54 Å². The van der Waals surface area contributed by atoms with Gasteiger partial charge in [-0.1, -0.05) is 30.3 Å². The van der Waals surface area contributed by atoms with E-state index < -0.39 is 12.8 Å². The largest absolute Gasteiger partial charge is 0.411 e. The zero-order chi connectivity index (χ0) is 18.2. The van der Waals surface area contributed by atoms with Crippen molar-refractivity contribution in [2.75, 3.05) is 19.8 Å². The topological polar surface area (TPSA) is 50.4 Å². The number of nitrogens with one attached hydrogen (secondary N) is 2. The first-order valence-corrected chi connectivity index (χ1v) is 7.83. The summed E-state index contributed by atoms with van der Waals surface area (Å²) in [4.78, 5) is 11.7. The molecule has 1 aromatic carbocycles. The van der Waals surface area contributed by atoms with Crippen LogP contribution in [-0.2, 0) is 9.53 Å². The monoisotopic (exact) mass is 346 g/mol. The number of hydrogen-bond donors (Lipinski definition) is 2. The van der Waals surface area contributed by atoms with Gasteiger partial charge in [0.1, 0.15) is 6.61 Å². The zero-order valence-corrected chi connectivity index (χ0v) is 14.2. The molecule has 24 heavy (non-hydrogen) atoms. The van der Waals surface area contributed by atoms with Gasteiger partial charge >= 0.3 is 6.18 Å². The van der Waals surface area contributed by atoms with Crippen LogP contribution < -0.4 is 10.6 Å². The number of carbonyl (C=O) groups excluding carboxylic acids is 1. The summed E-state index contributed by atoms with van der Waals surface area (Å²) < 4.78 is 40.2. The van der Waals surface area contributed by atoms with Gasteiger partial charge in [-0.05, 0) is 26.3 Å². The Morgan fingerprint density at radius 2 is 1.83 bits per heavy atom. The highest BCUT2D eigenvalue weighted by molar-refractivity contribution is 5.76. The van der Waals surface area contributed by atoms with Gasteiger partial charge in [0.25, 0.3) is 0 Å². The van der Waals surface area contributed by atoms with Crippen LogP contribution in [0.3, 0.4) is 0 Å². The fourth-order valence-electron chi connectivity index (χ4n) is 2.22. The van der Waals surface area contributed by atoms with Crippen molar-refractivity contribution in [1.29, 1.82) is 0 Å². The molecule has 0 saturated heterocycles. The standard InChI is InChI=1S/C17H25F3N2O2/c1-13(14-7-5-4-6-8-14)22-16(2,3)11-21-15(23)9-10-24-12-17(18,19)20/h4-8,13,22H,9-12H2,1-3H3,(H,21,23)/t13-/m1/s1. The quantitative estimate of drug-likeness (QED) is 0.675. The van der Waals surface area contributed by atoms with Crippen LogP contribution in [-0.4, -0.2) is 37.4 Å². The Morgan fingerprint density at radius 3 is 2.42 bits per heavy atom. The number of ether oxygens (including phenoxy) is 1. The van der Waals surface area contributed by atoms with Crippen LogP contribution in [0.2, 0.25) is 0 Å². The van der Waals surface area contributed by atoms with E-state index >= 15 is 0 Å². The molecule has 2 N–H and O–H groups in total. The molecule has 0 unspecified atom stereocenters. The predicted molar refractivity (Wildman–Crippen MR) is 86.6 cm³/mol. The smallest absolute Gasteiger partial charge is 0.372 e. The minimum Gasteiger partial charge on any atom is -0.372 e. The van der Waals surface area contributed by atoms with Crippen LogP contribution in [0.1, 0.15) is 38.8 Å². The molecule has 0 aliphatic rings. The number of amides is 1. The van der Waals surface area contributed by atoms with Gasteiger partial charge in [0.2, 0.25) is 5.91 Å². The van der Waals surface area contributed by atoms with Gasteiger partial charge in [-0.15, -0.1) is 0 Å². The first-order valence-electron chi connectivity index (χ1n) is 7.83. The molecule has 0 aliphatic heterocycles. The molecular weight excluding hydrogens is 321 g/mol. The summed E-state index contributed by atoms with van der Waals surface area (Å²) in [6.07, 6.45) is -4.46. The van der Waals surface area contributed by atoms with Gasteiger partial charge in [0.05, 0.1) is 6.61 Å². The molecule has 0 heterocycles. The summed E-state index contributed by atoms with van der Waals surface area (Å²) in [5.41, 5.74) is 0.773. The lowest BCUT2D eigenvalue weighted by atomic mass is 10.0. The summed E-state index contributed by atoms with van der Waals surface area (Å²) in [7, 11) is 0. The van der Waals surface area contributed by atoms with Crippen molar-refractivity contribution in [2.45, 2.75) is 44.9 Å². The zero-order valence-electron chi connectivity index (χ0n) is 14.2. The SMILES string of the molecule is C[C@@H](NC(C)(C)CNC(=O)CCOCC(F)(F)F)c1ccccc1. The number of alkyl halides is 3. The maximum absolute atomic E-state index is 11.9. The molecule has 1 amide bonds. The summed E-state index contributed by atoms with van der Waals surface area (Å²) in [5.74, 6) is -0.334. The minimum absolute atomic E-state index is 0.0968. The number of halogens is 3. The van der Waals surface area contributed by atoms with Gasteiger partial charge in [-0.2, -0.15) is 13.2 Å². The second kappa shape index (κ2) is 9.03. The minimum atomic E-state index is -4.37. The summed E-state index contributed by atoms with van der Waals surface area (Å²) in [6, 6.07) is 10.0. The lowest BCUT2D eigenvalue weighted by Crippen LogP contribution is -2.49. The van der Waals surface area contributed by atoms with Crippen LogP contribution in [0.15, 0.2) is 30.3 Å². The van der Waals surface area contributed by atoms with E-state index in [1.54, 1.807) is 0 Å². The van der Waals surface area contributed by atoms with Gasteiger partial charge in [0, 0.05) is 24.5 Å². The van der Waals surface area contributed by atoms with Crippen molar-refractivity contribution in [3.63, 3.8) is 0 Å². The van der Waals surface area contributed by atoms with Crippen LogP contribution in [0.4, 0.5) is 13.2 Å². The molecule has 0 saturated carbocycles. The number of hydrogen-bond acceptors (Lipinski definition) is 3. The molecule has 0 bridgehead atoms. The van der Waals surface area contributed by atoms with E-state index in [2.05, 4.69) is 15.4 Å². The summed E-state index contributed by atoms with van der Waals surface area (Å²) in [6.45, 7) is 4.72. The number of rotatable bonds is 9. The van der Waals surface area contributed by atoms with Crippen molar-refractivity contribution in [3.05, 3.63) is 35.9 Å². The van der Waals surface area contributed by atoms with Crippen molar-refractivity contribution < 1.29 is 22.7 Å². The second-order valence-corrected chi connectivity index (χ2v) is 6.36. The number of benzene rings is 1. The average molecular weight is 346 g/mol. The third kappa shape index (κ3) is 8.88. The third-order valence-electron chi connectivity index (χ3n) is 3.37. The van der Waals surface area contributed by atoms with Gasteiger partial charge in [0.15, 0.2) is 0 Å². The van der Waals surface area contributed by atoms with E-state index in [4.69, 9.17) is 0 Å². The van der Waals surface area contributed by atoms with Crippen LogP contribution >= 0.6 is 0 Å². The average Bonchev–Trinajstić information content (AvgIpc) is 2.49. The Morgan fingerprint density at radius 1 is 1.21 bits per heavy atom. The van der Waals surface area contributed by atoms with Crippen LogP contribution in [0.5, 0.6) is 0 Å². The van der Waals surface area contributed by atoms with Gasteiger partial charge in [-0.25, -0.2) is 0 Å². The van der Waals surface area contributed by atoms with E-state index in [0.717, 1.165) is 5.56 Å². The number of carbonyl (C=O) groups is 1. The first-order chi connectivity index (χ1) is 11.1. The molecule has 0 radical (unpaired) electrons. The molecular formula is C17H25F3N2O2. The molecule has 1 atom stereocenters. The third-order valence-corrected chi connectivity index (χ3v) is 3.37. The molecule has 0 spiro atoms. The maximum atomic E-state index is 11.9. The predicted octanol–water partition coefficient (Wildman–Crippen LogP) is 3.20. The van der Waals surface area contributed by atoms with Gasteiger partial charge in [-0.3, -0.25) is 4.79 Å². The highest BCUT2D eigenvalue weighted by Gasteiger charge is 2.27.